The summed E-state index contributed by atoms with van der Waals surface area (Å²) < 4.78 is 0. The zero-order chi connectivity index (χ0) is 11.7. The minimum atomic E-state index is 0.922. The smallest absolute Gasteiger partial charge is 0.107 e. The van der Waals surface area contributed by atoms with Crippen molar-refractivity contribution in [1.82, 2.24) is 10.3 Å². The summed E-state index contributed by atoms with van der Waals surface area (Å²) in [6, 6.07) is 4.32. The van der Waals surface area contributed by atoms with E-state index in [9.17, 15) is 0 Å². The van der Waals surface area contributed by atoms with Crippen LogP contribution in [0.2, 0.25) is 0 Å². The molecular formula is C13H16N2S2. The number of nitrogens with zero attached hydrogens (tertiary/aromatic N) is 1. The number of hydrogen-bond donors (Lipinski definition) is 1. The minimum Gasteiger partial charge on any atom is -0.310 e. The van der Waals surface area contributed by atoms with Crippen LogP contribution in [0.4, 0.5) is 0 Å². The van der Waals surface area contributed by atoms with Crippen LogP contribution in [0, 0.1) is 12.8 Å². The highest BCUT2D eigenvalue weighted by molar-refractivity contribution is 7.16. The molecule has 0 spiro atoms. The third-order valence-corrected chi connectivity index (χ3v) is 4.82. The molecule has 2 nitrogen and oxygen atoms in total. The molecule has 90 valence electrons. The van der Waals surface area contributed by atoms with Crippen LogP contribution in [0.3, 0.4) is 0 Å². The van der Waals surface area contributed by atoms with Crippen LogP contribution in [0.15, 0.2) is 17.5 Å². The molecule has 1 aliphatic carbocycles. The van der Waals surface area contributed by atoms with E-state index >= 15 is 0 Å². The van der Waals surface area contributed by atoms with Crippen molar-refractivity contribution in [2.45, 2.75) is 26.3 Å². The second kappa shape index (κ2) is 4.88. The number of thiazole rings is 1. The molecule has 17 heavy (non-hydrogen) atoms. The van der Waals surface area contributed by atoms with Crippen molar-refractivity contribution in [3.8, 4) is 10.6 Å². The van der Waals surface area contributed by atoms with E-state index in [1.54, 1.807) is 11.3 Å². The monoisotopic (exact) mass is 264 g/mol. The summed E-state index contributed by atoms with van der Waals surface area (Å²) in [5.41, 5.74) is 1.14. The summed E-state index contributed by atoms with van der Waals surface area (Å²) in [5, 5.41) is 6.85. The molecule has 1 aliphatic rings. The SMILES string of the molecule is Cc1ccc(-c2csc(CNCC3CC3)n2)s1. The van der Waals surface area contributed by atoms with E-state index in [0.29, 0.717) is 0 Å². The van der Waals surface area contributed by atoms with Gasteiger partial charge in [0.1, 0.15) is 5.01 Å². The maximum Gasteiger partial charge on any atom is 0.107 e. The maximum absolute atomic E-state index is 4.68. The highest BCUT2D eigenvalue weighted by Crippen LogP contribution is 2.29. The summed E-state index contributed by atoms with van der Waals surface area (Å²) in [6.45, 7) is 4.22. The quantitative estimate of drug-likeness (QED) is 0.891. The Hall–Kier alpha value is -0.710. The van der Waals surface area contributed by atoms with Gasteiger partial charge in [-0.2, -0.15) is 0 Å². The number of rotatable bonds is 5. The molecule has 0 unspecified atom stereocenters. The summed E-state index contributed by atoms with van der Waals surface area (Å²) in [6.07, 6.45) is 2.81. The van der Waals surface area contributed by atoms with Crippen LogP contribution in [-0.4, -0.2) is 11.5 Å². The number of aryl methyl sites for hydroxylation is 1. The lowest BCUT2D eigenvalue weighted by Crippen LogP contribution is -2.15. The first-order valence-corrected chi connectivity index (χ1v) is 7.73. The van der Waals surface area contributed by atoms with E-state index in [4.69, 9.17) is 0 Å². The van der Waals surface area contributed by atoms with Gasteiger partial charge in [-0.05, 0) is 44.4 Å². The van der Waals surface area contributed by atoms with Crippen molar-refractivity contribution in [2.75, 3.05) is 6.54 Å². The first-order chi connectivity index (χ1) is 8.31. The molecule has 0 aromatic carbocycles. The summed E-state index contributed by atoms with van der Waals surface area (Å²) in [4.78, 5) is 7.31. The summed E-state index contributed by atoms with van der Waals surface area (Å²) in [7, 11) is 0. The fourth-order valence-electron chi connectivity index (χ4n) is 1.78. The van der Waals surface area contributed by atoms with E-state index in [0.717, 1.165) is 24.7 Å². The van der Waals surface area contributed by atoms with Gasteiger partial charge < -0.3 is 5.32 Å². The second-order valence-corrected chi connectivity index (χ2v) is 6.84. The zero-order valence-electron chi connectivity index (χ0n) is 9.90. The molecule has 0 saturated heterocycles. The topological polar surface area (TPSA) is 24.9 Å². The van der Waals surface area contributed by atoms with Crippen LogP contribution in [0.25, 0.3) is 10.6 Å². The van der Waals surface area contributed by atoms with Gasteiger partial charge in [0.25, 0.3) is 0 Å². The van der Waals surface area contributed by atoms with Crippen LogP contribution < -0.4 is 5.32 Å². The number of nitrogens with one attached hydrogen (secondary N) is 1. The van der Waals surface area contributed by atoms with E-state index in [2.05, 4.69) is 34.7 Å². The van der Waals surface area contributed by atoms with Crippen LogP contribution >= 0.6 is 22.7 Å². The third kappa shape index (κ3) is 2.94. The van der Waals surface area contributed by atoms with Crippen LogP contribution in [-0.2, 0) is 6.54 Å². The van der Waals surface area contributed by atoms with Gasteiger partial charge in [-0.25, -0.2) is 4.98 Å². The van der Waals surface area contributed by atoms with Gasteiger partial charge in [0.15, 0.2) is 0 Å². The Bertz CT molecular complexity index is 497. The van der Waals surface area contributed by atoms with Crippen molar-refractivity contribution < 1.29 is 0 Å². The molecule has 2 aromatic heterocycles. The summed E-state index contributed by atoms with van der Waals surface area (Å²) in [5.74, 6) is 0.939. The lowest BCUT2D eigenvalue weighted by Gasteiger charge is -1.98. The average molecular weight is 264 g/mol. The Morgan fingerprint density at radius 3 is 3.00 bits per heavy atom. The predicted octanol–water partition coefficient (Wildman–Crippen LogP) is 3.68. The van der Waals surface area contributed by atoms with Gasteiger partial charge in [0.2, 0.25) is 0 Å². The van der Waals surface area contributed by atoms with Crippen molar-refractivity contribution in [3.05, 3.63) is 27.4 Å². The zero-order valence-corrected chi connectivity index (χ0v) is 11.5. The Morgan fingerprint density at radius 1 is 1.41 bits per heavy atom. The van der Waals surface area contributed by atoms with E-state index in [1.165, 1.54) is 27.6 Å². The first-order valence-electron chi connectivity index (χ1n) is 6.03. The van der Waals surface area contributed by atoms with E-state index < -0.39 is 0 Å². The van der Waals surface area contributed by atoms with Gasteiger partial charge in [0, 0.05) is 16.8 Å². The molecule has 4 heteroatoms. The fraction of sp³-hybridized carbons (Fsp3) is 0.462. The molecule has 3 rings (SSSR count). The van der Waals surface area contributed by atoms with Crippen molar-refractivity contribution in [3.63, 3.8) is 0 Å². The Morgan fingerprint density at radius 2 is 2.29 bits per heavy atom. The lowest BCUT2D eigenvalue weighted by molar-refractivity contribution is 0.637. The summed E-state index contributed by atoms with van der Waals surface area (Å²) >= 11 is 3.58. The first kappa shape index (κ1) is 11.4. The Balaban J connectivity index is 1.61. The molecule has 0 amide bonds. The largest absolute Gasteiger partial charge is 0.310 e. The Kier molecular flexibility index (Phi) is 3.27. The molecule has 0 atom stereocenters. The van der Waals surface area contributed by atoms with Gasteiger partial charge in [-0.15, -0.1) is 22.7 Å². The number of aromatic nitrogens is 1. The molecule has 0 radical (unpaired) electrons. The highest BCUT2D eigenvalue weighted by Gasteiger charge is 2.20. The highest BCUT2D eigenvalue weighted by atomic mass is 32.1. The molecular weight excluding hydrogens is 248 g/mol. The fourth-order valence-corrected chi connectivity index (χ4v) is 3.45. The molecule has 2 aromatic rings. The molecule has 1 fully saturated rings. The van der Waals surface area contributed by atoms with Crippen LogP contribution in [0.5, 0.6) is 0 Å². The molecule has 0 bridgehead atoms. The predicted molar refractivity (Wildman–Crippen MR) is 74.6 cm³/mol. The molecule has 1 saturated carbocycles. The van der Waals surface area contributed by atoms with Crippen LogP contribution in [0.1, 0.15) is 22.7 Å². The van der Waals surface area contributed by atoms with Crippen molar-refractivity contribution in [1.29, 1.82) is 0 Å². The Labute approximate surface area is 110 Å². The van der Waals surface area contributed by atoms with Gasteiger partial charge in [-0.3, -0.25) is 0 Å². The lowest BCUT2D eigenvalue weighted by atomic mass is 10.4. The minimum absolute atomic E-state index is 0.922. The van der Waals surface area contributed by atoms with E-state index in [-0.39, 0.29) is 0 Å². The van der Waals surface area contributed by atoms with E-state index in [1.807, 2.05) is 11.3 Å². The average Bonchev–Trinajstić information content (AvgIpc) is 2.85. The normalized spacial score (nSPS) is 15.4. The van der Waals surface area contributed by atoms with Crippen molar-refractivity contribution >= 4 is 22.7 Å². The third-order valence-electron chi connectivity index (χ3n) is 2.95. The molecule has 1 N–H and O–H groups in total. The second-order valence-electron chi connectivity index (χ2n) is 4.61. The van der Waals surface area contributed by atoms with Gasteiger partial charge in [0.05, 0.1) is 10.6 Å². The standard InChI is InChI=1S/C13H16N2S2/c1-9-2-5-12(17-9)11-8-16-13(15-11)7-14-6-10-3-4-10/h2,5,8,10,14H,3-4,6-7H2,1H3. The molecule has 0 aliphatic heterocycles. The number of thiophene rings is 1. The molecule has 2 heterocycles. The van der Waals surface area contributed by atoms with Gasteiger partial charge in [-0.1, -0.05) is 0 Å². The number of hydrogen-bond acceptors (Lipinski definition) is 4. The maximum atomic E-state index is 4.68. The van der Waals surface area contributed by atoms with Crippen molar-refractivity contribution in [2.24, 2.45) is 5.92 Å². The van der Waals surface area contributed by atoms with Gasteiger partial charge >= 0.3 is 0 Å².